The Morgan fingerprint density at radius 1 is 0.442 bits per heavy atom. The average Bonchev–Trinajstić information content (AvgIpc) is 3.39. The number of quaternary nitrogens is 1. The lowest BCUT2D eigenvalue weighted by Gasteiger charge is -2.29. The summed E-state index contributed by atoms with van der Waals surface area (Å²) >= 11 is 0. The smallest absolute Gasteiger partial charge is 0.268 e. The molecule has 2 N–H and O–H groups in total. The number of aliphatic hydroxyl groups excluding tert-OH is 1. The van der Waals surface area contributed by atoms with Crippen LogP contribution in [0.25, 0.3) is 0 Å². The van der Waals surface area contributed by atoms with Crippen molar-refractivity contribution in [3.05, 3.63) is 48.6 Å². The Morgan fingerprint density at radius 3 is 1.05 bits per heavy atom. The van der Waals surface area contributed by atoms with E-state index in [9.17, 15) is 19.4 Å². The summed E-state index contributed by atoms with van der Waals surface area (Å²) in [5, 5.41) is 13.9. The number of likely N-dealkylation sites (N-methyl/N-ethyl adjacent to an activating group) is 1. The van der Waals surface area contributed by atoms with E-state index < -0.39 is 26.6 Å². The molecule has 9 heteroatoms. The summed E-state index contributed by atoms with van der Waals surface area (Å²) in [5.74, 6) is -0.207. The van der Waals surface area contributed by atoms with Crippen molar-refractivity contribution >= 4 is 13.7 Å². The van der Waals surface area contributed by atoms with E-state index in [-0.39, 0.29) is 12.5 Å². The van der Waals surface area contributed by atoms with Crippen LogP contribution in [0.3, 0.4) is 0 Å². The fourth-order valence-electron chi connectivity index (χ4n) is 10.0. The maximum Gasteiger partial charge on any atom is 0.268 e. The van der Waals surface area contributed by atoms with Crippen LogP contribution in [-0.4, -0.2) is 68.5 Å². The van der Waals surface area contributed by atoms with Crippen LogP contribution >= 0.6 is 7.82 Å². The number of aliphatic hydroxyl groups is 1. The van der Waals surface area contributed by atoms with Crippen molar-refractivity contribution in [1.29, 1.82) is 0 Å². The molecule has 0 aromatic rings. The molecular weight excluding hydrogens is 972 g/mol. The third-order valence-electron chi connectivity index (χ3n) is 15.2. The molecule has 0 fully saturated rings. The predicted molar refractivity (Wildman–Crippen MR) is 334 cm³/mol. The van der Waals surface area contributed by atoms with Crippen LogP contribution in [0.2, 0.25) is 0 Å². The molecule has 0 aliphatic rings. The van der Waals surface area contributed by atoms with Gasteiger partial charge >= 0.3 is 0 Å². The number of allylic oxidation sites excluding steroid dienone is 7. The predicted octanol–water partition coefficient (Wildman–Crippen LogP) is 20.4. The fraction of sp³-hybridized carbons (Fsp3) is 0.868. The van der Waals surface area contributed by atoms with E-state index in [0.717, 1.165) is 44.9 Å². The van der Waals surface area contributed by atoms with Gasteiger partial charge in [-0.05, 0) is 70.6 Å². The van der Waals surface area contributed by atoms with E-state index in [1.807, 2.05) is 27.2 Å². The van der Waals surface area contributed by atoms with Gasteiger partial charge in [-0.2, -0.15) is 0 Å². The highest BCUT2D eigenvalue weighted by molar-refractivity contribution is 7.45. The highest BCUT2D eigenvalue weighted by Gasteiger charge is 2.23. The zero-order valence-corrected chi connectivity index (χ0v) is 52.8. The van der Waals surface area contributed by atoms with Gasteiger partial charge in [0.05, 0.1) is 39.9 Å². The van der Waals surface area contributed by atoms with E-state index in [0.29, 0.717) is 17.4 Å². The summed E-state index contributed by atoms with van der Waals surface area (Å²) in [7, 11) is 1.25. The van der Waals surface area contributed by atoms with E-state index in [1.54, 1.807) is 6.08 Å². The minimum atomic E-state index is -4.61. The van der Waals surface area contributed by atoms with Crippen LogP contribution in [0.4, 0.5) is 0 Å². The minimum Gasteiger partial charge on any atom is -0.756 e. The fourth-order valence-corrected chi connectivity index (χ4v) is 10.7. The van der Waals surface area contributed by atoms with E-state index in [1.165, 1.54) is 263 Å². The Labute approximate surface area is 479 Å². The zero-order valence-electron chi connectivity index (χ0n) is 51.9. The third kappa shape index (κ3) is 61.9. The normalized spacial score (nSPS) is 14.0. The third-order valence-corrected chi connectivity index (χ3v) is 16.2. The monoisotopic (exact) mass is 1100 g/mol. The van der Waals surface area contributed by atoms with Gasteiger partial charge in [-0.1, -0.05) is 300 Å². The summed E-state index contributed by atoms with van der Waals surface area (Å²) in [6.45, 7) is 4.67. The van der Waals surface area contributed by atoms with E-state index in [4.69, 9.17) is 9.05 Å². The molecule has 3 atom stereocenters. The Kier molecular flexibility index (Phi) is 57.9. The summed E-state index contributed by atoms with van der Waals surface area (Å²) in [4.78, 5) is 25.6. The molecule has 0 rings (SSSR count). The van der Waals surface area contributed by atoms with Crippen LogP contribution in [0.15, 0.2) is 48.6 Å². The number of unbranched alkanes of at least 4 members (excludes halogenated alkanes) is 43. The Morgan fingerprint density at radius 2 is 0.727 bits per heavy atom. The standard InChI is InChI=1S/C68H131N2O6P/c1-6-8-10-12-14-16-18-20-22-24-26-28-30-32-34-36-37-39-41-43-45-47-49-51-53-55-57-59-61-67(71)66(65-76-77(73,74)75-64-63-70(3,4)5)69-68(72)62-60-58-56-54-52-50-48-46-44-42-40-38-35-33-31-29-27-25-23-21-19-17-15-13-11-9-7-2/h25,27,43,45,51,53,59,61,66-67,71H,6-24,26,28-42,44,46-50,52,54-58,60,62-65H2,1-5H3,(H-,69,72,73,74)/b27-25-,45-43+,53-51+,61-59+. The van der Waals surface area contributed by atoms with Crippen LogP contribution in [-0.2, 0) is 18.4 Å². The second-order valence-electron chi connectivity index (χ2n) is 24.2. The number of phosphoric ester groups is 1. The first-order chi connectivity index (χ1) is 37.5. The number of nitrogens with zero attached hydrogens (tertiary/aromatic N) is 1. The molecule has 0 aromatic heterocycles. The van der Waals surface area contributed by atoms with E-state index in [2.05, 4.69) is 55.6 Å². The van der Waals surface area contributed by atoms with Crippen LogP contribution in [0.5, 0.6) is 0 Å². The van der Waals surface area contributed by atoms with Crippen LogP contribution in [0.1, 0.15) is 328 Å². The first kappa shape index (κ1) is 75.5. The van der Waals surface area contributed by atoms with Gasteiger partial charge in [-0.25, -0.2) is 0 Å². The molecular formula is C68H131N2O6P. The number of phosphoric acid groups is 1. The van der Waals surface area contributed by atoms with Gasteiger partial charge in [0.25, 0.3) is 7.82 Å². The Hall–Kier alpha value is -1.54. The molecule has 0 bridgehead atoms. The lowest BCUT2D eigenvalue weighted by atomic mass is 10.0. The number of carbonyl (C=O) groups is 1. The second-order valence-corrected chi connectivity index (χ2v) is 25.6. The lowest BCUT2D eigenvalue weighted by Crippen LogP contribution is -2.45. The molecule has 0 saturated carbocycles. The maximum atomic E-state index is 13.0. The Balaban J connectivity index is 4.16. The molecule has 0 aromatic carbocycles. The van der Waals surface area contributed by atoms with Gasteiger partial charge in [0.2, 0.25) is 5.91 Å². The molecule has 0 radical (unpaired) electrons. The quantitative estimate of drug-likeness (QED) is 0.0272. The SMILES string of the molecule is CCCCCCCCCC/C=C\CCCCCCCCCCCCCCCCCC(=O)NC(COP(=O)([O-])OCC[N+](C)(C)C)C(O)/C=C/CC/C=C/CC/C=C/CCCCCCCCCCCCCCCCCCCC. The number of hydrogen-bond acceptors (Lipinski definition) is 6. The van der Waals surface area contributed by atoms with E-state index >= 15 is 0 Å². The molecule has 8 nitrogen and oxygen atoms in total. The topological polar surface area (TPSA) is 108 Å². The maximum absolute atomic E-state index is 13.0. The van der Waals surface area contributed by atoms with Crippen molar-refractivity contribution < 1.29 is 32.9 Å². The average molecular weight is 1100 g/mol. The molecule has 0 spiro atoms. The molecule has 3 unspecified atom stereocenters. The molecule has 1 amide bonds. The molecule has 454 valence electrons. The van der Waals surface area contributed by atoms with Gasteiger partial charge in [0.1, 0.15) is 13.2 Å². The summed E-state index contributed by atoms with van der Waals surface area (Å²) < 4.78 is 23.4. The molecule has 0 aliphatic carbocycles. The van der Waals surface area contributed by atoms with Gasteiger partial charge in [0, 0.05) is 6.42 Å². The van der Waals surface area contributed by atoms with Crippen molar-refractivity contribution in [1.82, 2.24) is 5.32 Å². The summed E-state index contributed by atoms with van der Waals surface area (Å²) in [6.07, 6.45) is 79.4. The highest BCUT2D eigenvalue weighted by Crippen LogP contribution is 2.38. The second kappa shape index (κ2) is 59.1. The molecule has 0 heterocycles. The first-order valence-corrected chi connectivity index (χ1v) is 35.0. The summed E-state index contributed by atoms with van der Waals surface area (Å²) in [5.41, 5.74) is 0. The largest absolute Gasteiger partial charge is 0.756 e. The van der Waals surface area contributed by atoms with Crippen molar-refractivity contribution in [2.45, 2.75) is 341 Å². The molecule has 77 heavy (non-hydrogen) atoms. The number of amides is 1. The molecule has 0 saturated heterocycles. The van der Waals surface area contributed by atoms with Gasteiger partial charge < -0.3 is 28.8 Å². The Bertz CT molecular complexity index is 1390. The zero-order chi connectivity index (χ0) is 56.3. The number of rotatable bonds is 62. The number of hydrogen-bond donors (Lipinski definition) is 2. The summed E-state index contributed by atoms with van der Waals surface area (Å²) in [6, 6.07) is -0.911. The van der Waals surface area contributed by atoms with Gasteiger partial charge in [-0.3, -0.25) is 9.36 Å². The number of carbonyl (C=O) groups excluding carboxylic acids is 1. The van der Waals surface area contributed by atoms with Gasteiger partial charge in [-0.15, -0.1) is 0 Å². The van der Waals surface area contributed by atoms with Crippen molar-refractivity contribution in [2.24, 2.45) is 0 Å². The molecule has 0 aliphatic heterocycles. The van der Waals surface area contributed by atoms with Crippen molar-refractivity contribution in [2.75, 3.05) is 40.9 Å². The number of nitrogens with one attached hydrogen (secondary N) is 1. The van der Waals surface area contributed by atoms with Crippen molar-refractivity contribution in [3.63, 3.8) is 0 Å². The van der Waals surface area contributed by atoms with Crippen LogP contribution < -0.4 is 10.2 Å². The minimum absolute atomic E-state index is 0.00854. The first-order valence-electron chi connectivity index (χ1n) is 33.5. The highest BCUT2D eigenvalue weighted by atomic mass is 31.2. The van der Waals surface area contributed by atoms with Crippen LogP contribution in [0, 0.1) is 0 Å². The van der Waals surface area contributed by atoms with Crippen molar-refractivity contribution in [3.8, 4) is 0 Å². The van der Waals surface area contributed by atoms with Gasteiger partial charge in [0.15, 0.2) is 0 Å². The lowest BCUT2D eigenvalue weighted by molar-refractivity contribution is -0.870.